The van der Waals surface area contributed by atoms with Crippen LogP contribution in [0, 0.1) is 6.92 Å². The molecule has 0 N–H and O–H groups in total. The molecule has 0 unspecified atom stereocenters. The normalized spacial score (nSPS) is 10.8. The second-order valence-corrected chi connectivity index (χ2v) is 6.66. The van der Waals surface area contributed by atoms with Gasteiger partial charge in [-0.15, -0.1) is 0 Å². The lowest BCUT2D eigenvalue weighted by Gasteiger charge is -2.18. The number of amides is 1. The van der Waals surface area contributed by atoms with Crippen LogP contribution in [-0.4, -0.2) is 22.4 Å². The van der Waals surface area contributed by atoms with E-state index in [1.165, 1.54) is 0 Å². The van der Waals surface area contributed by atoms with Crippen LogP contribution in [0.1, 0.15) is 21.8 Å². The zero-order valence-electron chi connectivity index (χ0n) is 13.9. The van der Waals surface area contributed by atoms with Crippen molar-refractivity contribution in [2.24, 2.45) is 7.05 Å². The molecule has 4 nitrogen and oxygen atoms in total. The van der Waals surface area contributed by atoms with Crippen LogP contribution < -0.4 is 0 Å². The third kappa shape index (κ3) is 3.04. The summed E-state index contributed by atoms with van der Waals surface area (Å²) in [5.74, 6) is 0.826. The number of aromatic nitrogens is 1. The molecule has 0 bridgehead atoms. The molecule has 0 fully saturated rings. The van der Waals surface area contributed by atoms with Crippen molar-refractivity contribution in [3.8, 4) is 11.3 Å². The first-order chi connectivity index (χ1) is 11.5. The lowest BCUT2D eigenvalue weighted by molar-refractivity contribution is 0.0775. The molecule has 24 heavy (non-hydrogen) atoms. The Labute approximate surface area is 149 Å². The lowest BCUT2D eigenvalue weighted by atomic mass is 10.1. The van der Waals surface area contributed by atoms with Gasteiger partial charge in [0.15, 0.2) is 0 Å². The molecule has 1 aromatic carbocycles. The number of carbonyl (C=O) groups is 1. The first-order valence-corrected chi connectivity index (χ1v) is 8.47. The summed E-state index contributed by atoms with van der Waals surface area (Å²) in [5, 5.41) is 0. The molecule has 0 spiro atoms. The third-order valence-corrected chi connectivity index (χ3v) is 4.90. The summed E-state index contributed by atoms with van der Waals surface area (Å²) >= 11 is 3.57. The number of nitrogens with zero attached hydrogens (tertiary/aromatic N) is 2. The van der Waals surface area contributed by atoms with Crippen LogP contribution >= 0.6 is 15.9 Å². The van der Waals surface area contributed by atoms with Crippen LogP contribution in [0.2, 0.25) is 0 Å². The van der Waals surface area contributed by atoms with Crippen molar-refractivity contribution in [2.45, 2.75) is 13.5 Å². The van der Waals surface area contributed by atoms with E-state index in [4.69, 9.17) is 4.42 Å². The van der Waals surface area contributed by atoms with Crippen molar-refractivity contribution >= 4 is 21.8 Å². The number of halogens is 1. The second-order valence-electron chi connectivity index (χ2n) is 5.81. The van der Waals surface area contributed by atoms with E-state index < -0.39 is 0 Å². The molecule has 2 aromatic heterocycles. The van der Waals surface area contributed by atoms with E-state index in [0.29, 0.717) is 12.2 Å². The highest BCUT2D eigenvalue weighted by Crippen LogP contribution is 2.29. The first-order valence-electron chi connectivity index (χ1n) is 7.68. The summed E-state index contributed by atoms with van der Waals surface area (Å²) in [6.07, 6.45) is 1.65. The van der Waals surface area contributed by atoms with E-state index >= 15 is 0 Å². The van der Waals surface area contributed by atoms with Crippen molar-refractivity contribution in [1.29, 1.82) is 0 Å². The van der Waals surface area contributed by atoms with Crippen molar-refractivity contribution < 1.29 is 9.21 Å². The van der Waals surface area contributed by atoms with Crippen LogP contribution in [0.25, 0.3) is 11.3 Å². The average molecular weight is 387 g/mol. The van der Waals surface area contributed by atoms with Gasteiger partial charge in [0.2, 0.25) is 0 Å². The molecular formula is C19H19BrN2O2. The Bertz CT molecular complexity index is 879. The Morgan fingerprint density at radius 3 is 2.62 bits per heavy atom. The van der Waals surface area contributed by atoms with Gasteiger partial charge in [0.25, 0.3) is 5.91 Å². The van der Waals surface area contributed by atoms with Gasteiger partial charge in [0.05, 0.1) is 6.26 Å². The molecule has 2 heterocycles. The van der Waals surface area contributed by atoms with Crippen LogP contribution in [-0.2, 0) is 13.6 Å². The Morgan fingerprint density at radius 2 is 1.96 bits per heavy atom. The van der Waals surface area contributed by atoms with Crippen LogP contribution in [0.15, 0.2) is 57.6 Å². The minimum absolute atomic E-state index is 0.0172. The molecule has 3 rings (SSSR count). The number of hydrogen-bond donors (Lipinski definition) is 0. The maximum atomic E-state index is 12.8. The standard InChI is InChI=1S/C19H19BrN2O2/c1-13-14(10-11-24-13)12-21(2)19(23)18-9-8-17(22(18)3)15-6-4-5-7-16(15)20/h4-11H,12H2,1-3H3. The van der Waals surface area contributed by atoms with Gasteiger partial charge in [0.1, 0.15) is 11.5 Å². The number of benzene rings is 1. The van der Waals surface area contributed by atoms with E-state index in [2.05, 4.69) is 15.9 Å². The molecule has 5 heteroatoms. The van der Waals surface area contributed by atoms with E-state index in [9.17, 15) is 4.79 Å². The highest BCUT2D eigenvalue weighted by atomic mass is 79.9. The van der Waals surface area contributed by atoms with E-state index in [1.807, 2.05) is 61.0 Å². The fraction of sp³-hybridized carbons (Fsp3) is 0.211. The zero-order chi connectivity index (χ0) is 17.3. The summed E-state index contributed by atoms with van der Waals surface area (Å²) in [7, 11) is 3.72. The number of furan rings is 1. The Morgan fingerprint density at radius 1 is 1.21 bits per heavy atom. The van der Waals surface area contributed by atoms with E-state index in [0.717, 1.165) is 27.1 Å². The highest BCUT2D eigenvalue weighted by Gasteiger charge is 2.19. The maximum Gasteiger partial charge on any atom is 0.270 e. The molecule has 0 aliphatic rings. The van der Waals surface area contributed by atoms with Gasteiger partial charge >= 0.3 is 0 Å². The predicted octanol–water partition coefficient (Wildman–Crippen LogP) is 4.63. The molecule has 1 amide bonds. The maximum absolute atomic E-state index is 12.8. The summed E-state index contributed by atoms with van der Waals surface area (Å²) in [6.45, 7) is 2.43. The summed E-state index contributed by atoms with van der Waals surface area (Å²) < 4.78 is 8.24. The van der Waals surface area contributed by atoms with E-state index in [-0.39, 0.29) is 5.91 Å². The SMILES string of the molecule is Cc1occc1CN(C)C(=O)c1ccc(-c2ccccc2Br)n1C. The fourth-order valence-electron chi connectivity index (χ4n) is 2.76. The summed E-state index contributed by atoms with van der Waals surface area (Å²) in [5.41, 5.74) is 3.74. The molecule has 3 aromatic rings. The first kappa shape index (κ1) is 16.6. The van der Waals surface area contributed by atoms with Gasteiger partial charge in [-0.1, -0.05) is 34.1 Å². The largest absolute Gasteiger partial charge is 0.469 e. The molecule has 0 radical (unpaired) electrons. The van der Waals surface area contributed by atoms with Crippen LogP contribution in [0.5, 0.6) is 0 Å². The van der Waals surface area contributed by atoms with Crippen LogP contribution in [0.4, 0.5) is 0 Å². The molecule has 124 valence electrons. The van der Waals surface area contributed by atoms with Crippen molar-refractivity contribution in [1.82, 2.24) is 9.47 Å². The fourth-order valence-corrected chi connectivity index (χ4v) is 3.25. The Hall–Kier alpha value is -2.27. The molecular weight excluding hydrogens is 368 g/mol. The quantitative estimate of drug-likeness (QED) is 0.655. The van der Waals surface area contributed by atoms with E-state index in [1.54, 1.807) is 18.2 Å². The lowest BCUT2D eigenvalue weighted by Crippen LogP contribution is -2.28. The summed E-state index contributed by atoms with van der Waals surface area (Å²) in [4.78, 5) is 14.5. The van der Waals surface area contributed by atoms with Gasteiger partial charge in [-0.3, -0.25) is 4.79 Å². The predicted molar refractivity (Wildman–Crippen MR) is 97.8 cm³/mol. The molecule has 0 aliphatic carbocycles. The molecule has 0 aliphatic heterocycles. The smallest absolute Gasteiger partial charge is 0.270 e. The third-order valence-electron chi connectivity index (χ3n) is 4.21. The number of aryl methyl sites for hydroxylation is 1. The second kappa shape index (κ2) is 6.69. The van der Waals surface area contributed by atoms with Gasteiger partial charge in [-0.05, 0) is 31.2 Å². The Balaban J connectivity index is 1.86. The highest BCUT2D eigenvalue weighted by molar-refractivity contribution is 9.10. The summed E-state index contributed by atoms with van der Waals surface area (Å²) in [6, 6.07) is 13.7. The molecule has 0 saturated heterocycles. The molecule has 0 atom stereocenters. The number of carbonyl (C=O) groups excluding carboxylic acids is 1. The van der Waals surface area contributed by atoms with Gasteiger partial charge < -0.3 is 13.9 Å². The molecule has 0 saturated carbocycles. The average Bonchev–Trinajstić information content (AvgIpc) is 3.13. The number of hydrogen-bond acceptors (Lipinski definition) is 2. The van der Waals surface area contributed by atoms with Gasteiger partial charge in [-0.2, -0.15) is 0 Å². The Kier molecular flexibility index (Phi) is 4.62. The zero-order valence-corrected chi connectivity index (χ0v) is 15.5. The topological polar surface area (TPSA) is 38.4 Å². The van der Waals surface area contributed by atoms with Gasteiger partial charge in [0, 0.05) is 41.9 Å². The van der Waals surface area contributed by atoms with Crippen molar-refractivity contribution in [2.75, 3.05) is 7.05 Å². The monoisotopic (exact) mass is 386 g/mol. The van der Waals surface area contributed by atoms with Crippen molar-refractivity contribution in [3.05, 3.63) is 70.2 Å². The van der Waals surface area contributed by atoms with Gasteiger partial charge in [-0.25, -0.2) is 0 Å². The van der Waals surface area contributed by atoms with Crippen LogP contribution in [0.3, 0.4) is 0 Å². The minimum Gasteiger partial charge on any atom is -0.469 e. The minimum atomic E-state index is -0.0172. The van der Waals surface area contributed by atoms with Crippen molar-refractivity contribution in [3.63, 3.8) is 0 Å². The number of rotatable bonds is 4.